The molecule has 0 radical (unpaired) electrons. The lowest BCUT2D eigenvalue weighted by molar-refractivity contribution is -0.0528. The Labute approximate surface area is 212 Å². The summed E-state index contributed by atoms with van der Waals surface area (Å²) in [6.07, 6.45) is 4.06. The number of alkyl halides is 2. The SMILES string of the molecule is Cc1cc(Nc2cc3cc(-c4cc(OC(F)F)ncc4OCC(C)(C)S(C)(=O)=O)ccn3n2)nc(C)n1. The first-order chi connectivity index (χ1) is 17.3. The molecule has 0 spiro atoms. The van der Waals surface area contributed by atoms with Crippen molar-refractivity contribution in [3.8, 4) is 22.8 Å². The Balaban J connectivity index is 1.69. The lowest BCUT2D eigenvalue weighted by atomic mass is 10.1. The number of sulfone groups is 1. The minimum atomic E-state index is -3.43. The monoisotopic (exact) mass is 532 g/mol. The second-order valence-corrected chi connectivity index (χ2v) is 11.7. The standard InChI is InChI=1S/C24H26F2N6O4S/c1-14-8-20(29-15(2)28-14)30-21-10-17-9-16(6-7-32(17)31-21)18-11-22(36-23(25)26)27-12-19(18)35-13-24(3,4)37(5,33)34/h6-12,23H,13H2,1-5H3,(H,28,29,30,31). The van der Waals surface area contributed by atoms with E-state index < -0.39 is 21.2 Å². The molecular weight excluding hydrogens is 506 g/mol. The topological polar surface area (TPSA) is 121 Å². The highest BCUT2D eigenvalue weighted by Gasteiger charge is 2.31. The van der Waals surface area contributed by atoms with Gasteiger partial charge in [0.15, 0.2) is 15.7 Å². The number of anilines is 2. The van der Waals surface area contributed by atoms with Crippen LogP contribution in [0, 0.1) is 13.8 Å². The molecule has 0 fully saturated rings. The number of hydrogen-bond acceptors (Lipinski definition) is 9. The van der Waals surface area contributed by atoms with E-state index in [0.717, 1.165) is 11.9 Å². The Morgan fingerprint density at radius 3 is 2.54 bits per heavy atom. The van der Waals surface area contributed by atoms with E-state index in [2.05, 4.69) is 30.1 Å². The molecule has 0 aromatic carbocycles. The molecule has 0 bridgehead atoms. The molecule has 196 valence electrons. The number of aromatic nitrogens is 5. The van der Waals surface area contributed by atoms with Crippen LogP contribution < -0.4 is 14.8 Å². The molecule has 0 atom stereocenters. The molecule has 0 saturated heterocycles. The summed E-state index contributed by atoms with van der Waals surface area (Å²) in [4.78, 5) is 12.5. The van der Waals surface area contributed by atoms with Crippen LogP contribution in [0.1, 0.15) is 25.4 Å². The van der Waals surface area contributed by atoms with Gasteiger partial charge in [-0.2, -0.15) is 13.9 Å². The predicted octanol–water partition coefficient (Wildman–Crippen LogP) is 4.35. The minimum absolute atomic E-state index is 0.170. The fourth-order valence-corrected chi connectivity index (χ4v) is 3.69. The summed E-state index contributed by atoms with van der Waals surface area (Å²) in [7, 11) is -3.43. The summed E-state index contributed by atoms with van der Waals surface area (Å²) < 4.78 is 60.6. The van der Waals surface area contributed by atoms with Gasteiger partial charge in [-0.25, -0.2) is 27.9 Å². The molecule has 0 aliphatic heterocycles. The maximum Gasteiger partial charge on any atom is 0.388 e. The van der Waals surface area contributed by atoms with Gasteiger partial charge in [-0.1, -0.05) is 0 Å². The van der Waals surface area contributed by atoms with Crippen molar-refractivity contribution in [3.63, 3.8) is 0 Å². The molecule has 4 heterocycles. The number of aryl methyl sites for hydroxylation is 2. The number of rotatable bonds is 9. The van der Waals surface area contributed by atoms with Gasteiger partial charge in [0.2, 0.25) is 5.88 Å². The van der Waals surface area contributed by atoms with Gasteiger partial charge in [-0.05, 0) is 45.4 Å². The number of ether oxygens (including phenoxy) is 2. The first-order valence-corrected chi connectivity index (χ1v) is 13.1. The van der Waals surface area contributed by atoms with E-state index in [1.54, 1.807) is 41.9 Å². The summed E-state index contributed by atoms with van der Waals surface area (Å²) in [6, 6.07) is 8.42. The predicted molar refractivity (Wildman–Crippen MR) is 134 cm³/mol. The molecule has 13 heteroatoms. The smallest absolute Gasteiger partial charge is 0.388 e. The molecular formula is C24H26F2N6O4S. The third kappa shape index (κ3) is 6.10. The van der Waals surface area contributed by atoms with E-state index in [0.29, 0.717) is 34.1 Å². The number of hydrogen-bond donors (Lipinski definition) is 1. The van der Waals surface area contributed by atoms with Crippen LogP contribution in [0.15, 0.2) is 42.7 Å². The molecule has 37 heavy (non-hydrogen) atoms. The molecule has 4 aromatic rings. The molecule has 0 unspecified atom stereocenters. The highest BCUT2D eigenvalue weighted by atomic mass is 32.2. The number of nitrogens with one attached hydrogen (secondary N) is 1. The van der Waals surface area contributed by atoms with Crippen molar-refractivity contribution in [2.75, 3.05) is 18.2 Å². The zero-order valence-electron chi connectivity index (χ0n) is 20.9. The minimum Gasteiger partial charge on any atom is -0.490 e. The number of pyridine rings is 2. The zero-order valence-corrected chi connectivity index (χ0v) is 21.7. The Hall–Kier alpha value is -3.87. The van der Waals surface area contributed by atoms with Crippen molar-refractivity contribution in [3.05, 3.63) is 54.2 Å². The normalized spacial score (nSPS) is 12.2. The second-order valence-electron chi connectivity index (χ2n) is 9.10. The lowest BCUT2D eigenvalue weighted by Gasteiger charge is -2.23. The van der Waals surface area contributed by atoms with E-state index >= 15 is 0 Å². The summed E-state index contributed by atoms with van der Waals surface area (Å²) in [5.74, 6) is 1.68. The number of fused-ring (bicyclic) bond motifs is 1. The Morgan fingerprint density at radius 2 is 1.86 bits per heavy atom. The average molecular weight is 533 g/mol. The number of halogens is 2. The Kier molecular flexibility index (Phi) is 7.00. The van der Waals surface area contributed by atoms with Crippen LogP contribution >= 0.6 is 0 Å². The van der Waals surface area contributed by atoms with Crippen LogP contribution in [-0.2, 0) is 9.84 Å². The maximum absolute atomic E-state index is 12.8. The van der Waals surface area contributed by atoms with Gasteiger partial charge in [-0.15, -0.1) is 0 Å². The van der Waals surface area contributed by atoms with Crippen LogP contribution in [0.25, 0.3) is 16.6 Å². The summed E-state index contributed by atoms with van der Waals surface area (Å²) in [5, 5.41) is 7.64. The summed E-state index contributed by atoms with van der Waals surface area (Å²) >= 11 is 0. The third-order valence-corrected chi connectivity index (χ3v) is 7.75. The summed E-state index contributed by atoms with van der Waals surface area (Å²) in [5.41, 5.74) is 2.50. The van der Waals surface area contributed by atoms with Crippen LogP contribution in [0.2, 0.25) is 0 Å². The van der Waals surface area contributed by atoms with E-state index in [-0.39, 0.29) is 18.2 Å². The van der Waals surface area contributed by atoms with E-state index in [9.17, 15) is 17.2 Å². The van der Waals surface area contributed by atoms with Crippen molar-refractivity contribution < 1.29 is 26.7 Å². The van der Waals surface area contributed by atoms with Gasteiger partial charge < -0.3 is 14.8 Å². The zero-order chi connectivity index (χ0) is 27.0. The Morgan fingerprint density at radius 1 is 1.11 bits per heavy atom. The van der Waals surface area contributed by atoms with Gasteiger partial charge in [0.1, 0.15) is 28.7 Å². The van der Waals surface area contributed by atoms with Crippen LogP contribution in [0.4, 0.5) is 20.4 Å². The second kappa shape index (κ2) is 9.88. The van der Waals surface area contributed by atoms with Crippen molar-refractivity contribution in [2.45, 2.75) is 39.1 Å². The molecule has 1 N–H and O–H groups in total. The first kappa shape index (κ1) is 26.2. The van der Waals surface area contributed by atoms with Crippen molar-refractivity contribution in [1.29, 1.82) is 0 Å². The molecule has 0 saturated carbocycles. The molecule has 0 aliphatic carbocycles. The quantitative estimate of drug-likeness (QED) is 0.335. The third-order valence-electron chi connectivity index (χ3n) is 5.63. The van der Waals surface area contributed by atoms with Gasteiger partial charge in [-0.3, -0.25) is 0 Å². The average Bonchev–Trinajstić information content (AvgIpc) is 3.17. The molecule has 10 nitrogen and oxygen atoms in total. The molecule has 0 aliphatic rings. The lowest BCUT2D eigenvalue weighted by Crippen LogP contribution is -2.37. The largest absolute Gasteiger partial charge is 0.490 e. The van der Waals surface area contributed by atoms with E-state index in [4.69, 9.17) is 4.74 Å². The Bertz CT molecular complexity index is 1540. The van der Waals surface area contributed by atoms with Crippen molar-refractivity contribution >= 4 is 27.0 Å². The van der Waals surface area contributed by atoms with Crippen LogP contribution in [0.5, 0.6) is 11.6 Å². The highest BCUT2D eigenvalue weighted by Crippen LogP contribution is 2.34. The van der Waals surface area contributed by atoms with Crippen molar-refractivity contribution in [1.82, 2.24) is 24.6 Å². The van der Waals surface area contributed by atoms with Crippen LogP contribution in [0.3, 0.4) is 0 Å². The van der Waals surface area contributed by atoms with Gasteiger partial charge in [0.25, 0.3) is 0 Å². The van der Waals surface area contributed by atoms with Gasteiger partial charge in [0, 0.05) is 41.9 Å². The molecule has 4 rings (SSSR count). The molecule has 4 aromatic heterocycles. The fraction of sp³-hybridized carbons (Fsp3) is 0.333. The maximum atomic E-state index is 12.8. The fourth-order valence-electron chi connectivity index (χ4n) is 3.41. The van der Waals surface area contributed by atoms with Gasteiger partial charge in [0.05, 0.1) is 11.7 Å². The van der Waals surface area contributed by atoms with Gasteiger partial charge >= 0.3 is 6.61 Å². The van der Waals surface area contributed by atoms with Crippen molar-refractivity contribution in [2.24, 2.45) is 0 Å². The van der Waals surface area contributed by atoms with Crippen LogP contribution in [-0.4, -0.2) is 57.2 Å². The highest BCUT2D eigenvalue weighted by molar-refractivity contribution is 7.92. The summed E-state index contributed by atoms with van der Waals surface area (Å²) in [6.45, 7) is 3.51. The first-order valence-electron chi connectivity index (χ1n) is 11.2. The number of nitrogens with zero attached hydrogens (tertiary/aromatic N) is 5. The molecule has 0 amide bonds. The van der Waals surface area contributed by atoms with E-state index in [1.807, 2.05) is 6.92 Å². The van der Waals surface area contributed by atoms with E-state index in [1.165, 1.54) is 26.1 Å².